The van der Waals surface area contributed by atoms with Gasteiger partial charge in [0.2, 0.25) is 4.96 Å². The van der Waals surface area contributed by atoms with Crippen molar-refractivity contribution in [1.29, 1.82) is 0 Å². The topological polar surface area (TPSA) is 78.9 Å². The average molecular weight is 492 g/mol. The summed E-state index contributed by atoms with van der Waals surface area (Å²) in [6.07, 6.45) is 5.27. The molecule has 9 heteroatoms. The third kappa shape index (κ3) is 4.21. The molecule has 0 N–H and O–H groups in total. The molecule has 0 saturated carbocycles. The maximum absolute atomic E-state index is 12.8. The lowest BCUT2D eigenvalue weighted by molar-refractivity contribution is 0.355. The molecule has 7 nitrogen and oxygen atoms in total. The van der Waals surface area contributed by atoms with Crippen molar-refractivity contribution in [3.63, 3.8) is 0 Å². The molecule has 0 amide bonds. The Bertz CT molecular complexity index is 1630. The molecule has 0 unspecified atom stereocenters. The minimum Gasteiger partial charge on any atom is -0.493 e. The van der Waals surface area contributed by atoms with E-state index in [9.17, 15) is 4.79 Å². The van der Waals surface area contributed by atoms with Crippen LogP contribution in [0.1, 0.15) is 17.1 Å². The third-order valence-electron chi connectivity index (χ3n) is 5.07. The maximum Gasteiger partial charge on any atom is 0.291 e. The fourth-order valence-corrected chi connectivity index (χ4v) is 4.54. The number of benzene rings is 2. The summed E-state index contributed by atoms with van der Waals surface area (Å²) in [6.45, 7) is 0. The molecule has 0 fully saturated rings. The first kappa shape index (κ1) is 21.9. The number of halogens is 1. The highest BCUT2D eigenvalue weighted by Crippen LogP contribution is 2.29. The zero-order valence-electron chi connectivity index (χ0n) is 18.2. The summed E-state index contributed by atoms with van der Waals surface area (Å²) in [5, 5.41) is 4.92. The predicted molar refractivity (Wildman–Crippen MR) is 134 cm³/mol. The Hall–Kier alpha value is -3.88. The van der Waals surface area contributed by atoms with Crippen LogP contribution in [0.25, 0.3) is 34.5 Å². The number of thiazole rings is 1. The third-order valence-corrected chi connectivity index (χ3v) is 6.36. The van der Waals surface area contributed by atoms with Crippen LogP contribution in [0.15, 0.2) is 63.8 Å². The van der Waals surface area contributed by atoms with Crippen LogP contribution in [-0.2, 0) is 0 Å². The van der Waals surface area contributed by atoms with E-state index in [0.29, 0.717) is 43.4 Å². The molecule has 0 bridgehead atoms. The van der Waals surface area contributed by atoms with Gasteiger partial charge in [-0.05, 0) is 48.0 Å². The van der Waals surface area contributed by atoms with Crippen molar-refractivity contribution in [3.05, 3.63) is 91.7 Å². The van der Waals surface area contributed by atoms with E-state index >= 15 is 0 Å². The molecule has 34 heavy (non-hydrogen) atoms. The van der Waals surface area contributed by atoms with Gasteiger partial charge in [0, 0.05) is 11.6 Å². The van der Waals surface area contributed by atoms with Crippen LogP contribution in [0.2, 0.25) is 5.02 Å². The molecule has 2 aromatic carbocycles. The molecule has 5 rings (SSSR count). The van der Waals surface area contributed by atoms with Crippen LogP contribution in [-0.4, -0.2) is 28.8 Å². The van der Waals surface area contributed by atoms with Gasteiger partial charge in [-0.25, -0.2) is 0 Å². The number of furan rings is 1. The van der Waals surface area contributed by atoms with E-state index in [4.69, 9.17) is 25.5 Å². The van der Waals surface area contributed by atoms with Gasteiger partial charge in [0.05, 0.1) is 19.2 Å². The summed E-state index contributed by atoms with van der Waals surface area (Å²) >= 11 is 7.49. The number of hydrogen-bond donors (Lipinski definition) is 0. The zero-order chi connectivity index (χ0) is 23.7. The van der Waals surface area contributed by atoms with Crippen molar-refractivity contribution in [2.75, 3.05) is 14.2 Å². The Morgan fingerprint density at radius 1 is 1.03 bits per heavy atom. The predicted octanol–water partition coefficient (Wildman–Crippen LogP) is 4.80. The van der Waals surface area contributed by atoms with E-state index in [1.165, 1.54) is 15.9 Å². The van der Waals surface area contributed by atoms with E-state index in [-0.39, 0.29) is 5.56 Å². The first-order valence-electron chi connectivity index (χ1n) is 10.2. The molecule has 0 atom stereocenters. The Labute approximate surface area is 203 Å². The quantitative estimate of drug-likeness (QED) is 0.339. The molecule has 3 heterocycles. The molecule has 0 spiro atoms. The molecule has 0 aliphatic rings. The van der Waals surface area contributed by atoms with Crippen LogP contribution in [0, 0.1) is 0 Å². The largest absolute Gasteiger partial charge is 0.493 e. The summed E-state index contributed by atoms with van der Waals surface area (Å²) in [5.74, 6) is 2.89. The minimum absolute atomic E-state index is 0.256. The molecular formula is C25H18ClN3O4S. The van der Waals surface area contributed by atoms with Gasteiger partial charge in [-0.15, -0.1) is 5.10 Å². The molecule has 0 saturated heterocycles. The molecular weight excluding hydrogens is 474 g/mol. The SMILES string of the molecule is COc1ccc(C=Cc2nc3sc(=Cc4ccc(-c5ccccc5Cl)o4)c(=O)n3n2)cc1OC. The Balaban J connectivity index is 1.41. The van der Waals surface area contributed by atoms with Crippen LogP contribution in [0.3, 0.4) is 0 Å². The van der Waals surface area contributed by atoms with Gasteiger partial charge in [-0.3, -0.25) is 4.79 Å². The van der Waals surface area contributed by atoms with E-state index in [2.05, 4.69) is 10.1 Å². The smallest absolute Gasteiger partial charge is 0.291 e. The molecule has 170 valence electrons. The number of ether oxygens (including phenoxy) is 2. The summed E-state index contributed by atoms with van der Waals surface area (Å²) in [6, 6.07) is 16.6. The number of hydrogen-bond acceptors (Lipinski definition) is 7. The van der Waals surface area contributed by atoms with Crippen LogP contribution in [0.5, 0.6) is 11.5 Å². The van der Waals surface area contributed by atoms with Gasteiger partial charge in [0.25, 0.3) is 5.56 Å². The Kier molecular flexibility index (Phi) is 5.91. The highest BCUT2D eigenvalue weighted by molar-refractivity contribution is 7.15. The fourth-order valence-electron chi connectivity index (χ4n) is 3.41. The summed E-state index contributed by atoms with van der Waals surface area (Å²) < 4.78 is 18.2. The van der Waals surface area contributed by atoms with Crippen LogP contribution >= 0.6 is 22.9 Å². The highest BCUT2D eigenvalue weighted by atomic mass is 35.5. The molecule has 3 aromatic heterocycles. The van der Waals surface area contributed by atoms with Crippen molar-refractivity contribution in [3.8, 4) is 22.8 Å². The normalized spacial score (nSPS) is 12.1. The zero-order valence-corrected chi connectivity index (χ0v) is 19.8. The molecule has 0 radical (unpaired) electrons. The second-order valence-corrected chi connectivity index (χ2v) is 8.63. The lowest BCUT2D eigenvalue weighted by atomic mass is 10.2. The monoisotopic (exact) mass is 491 g/mol. The van der Waals surface area contributed by atoms with Gasteiger partial charge in [0.15, 0.2) is 17.3 Å². The molecule has 0 aliphatic carbocycles. The van der Waals surface area contributed by atoms with Gasteiger partial charge in [0.1, 0.15) is 16.1 Å². The fraction of sp³-hybridized carbons (Fsp3) is 0.0800. The summed E-state index contributed by atoms with van der Waals surface area (Å²) in [4.78, 5) is 17.8. The summed E-state index contributed by atoms with van der Waals surface area (Å²) in [5.41, 5.74) is 1.42. The Morgan fingerprint density at radius 3 is 2.62 bits per heavy atom. The number of fused-ring (bicyclic) bond motifs is 1. The number of nitrogens with zero attached hydrogens (tertiary/aromatic N) is 3. The lowest BCUT2D eigenvalue weighted by Crippen LogP contribution is -2.23. The van der Waals surface area contributed by atoms with Crippen LogP contribution < -0.4 is 19.6 Å². The number of methoxy groups -OCH3 is 2. The second-order valence-electron chi connectivity index (χ2n) is 7.21. The van der Waals surface area contributed by atoms with Crippen molar-refractivity contribution in [2.45, 2.75) is 0 Å². The van der Waals surface area contributed by atoms with E-state index in [1.54, 1.807) is 38.5 Å². The maximum atomic E-state index is 12.8. The van der Waals surface area contributed by atoms with Gasteiger partial charge in [-0.2, -0.15) is 9.50 Å². The first-order chi connectivity index (χ1) is 16.6. The van der Waals surface area contributed by atoms with Gasteiger partial charge >= 0.3 is 0 Å². The van der Waals surface area contributed by atoms with Crippen molar-refractivity contribution in [1.82, 2.24) is 14.6 Å². The van der Waals surface area contributed by atoms with E-state index < -0.39 is 0 Å². The van der Waals surface area contributed by atoms with Crippen molar-refractivity contribution in [2.24, 2.45) is 0 Å². The van der Waals surface area contributed by atoms with Crippen molar-refractivity contribution < 1.29 is 13.9 Å². The Morgan fingerprint density at radius 2 is 1.85 bits per heavy atom. The first-order valence-corrected chi connectivity index (χ1v) is 11.4. The van der Waals surface area contributed by atoms with E-state index in [1.807, 2.05) is 48.5 Å². The molecule has 5 aromatic rings. The van der Waals surface area contributed by atoms with Crippen molar-refractivity contribution >= 4 is 46.1 Å². The second kappa shape index (κ2) is 9.17. The molecule has 0 aliphatic heterocycles. The average Bonchev–Trinajstić information content (AvgIpc) is 3.55. The highest BCUT2D eigenvalue weighted by Gasteiger charge is 2.11. The van der Waals surface area contributed by atoms with E-state index in [0.717, 1.165) is 11.1 Å². The van der Waals surface area contributed by atoms with Crippen LogP contribution in [0.4, 0.5) is 0 Å². The minimum atomic E-state index is -0.256. The lowest BCUT2D eigenvalue weighted by Gasteiger charge is -2.07. The van der Waals surface area contributed by atoms with Gasteiger partial charge < -0.3 is 13.9 Å². The summed E-state index contributed by atoms with van der Waals surface area (Å²) in [7, 11) is 3.17. The standard InChI is InChI=1S/C25H18ClN3O4S/c1-31-20-10-7-15(13-21(20)32-2)8-12-23-27-25-29(28-23)24(30)22(34-25)14-16-9-11-19(33-16)17-5-3-4-6-18(17)26/h3-14H,1-2H3. The number of aromatic nitrogens is 3. The van der Waals surface area contributed by atoms with Gasteiger partial charge in [-0.1, -0.05) is 47.2 Å². The number of rotatable bonds is 6.